The number of nitrogens with zero attached hydrogens (tertiary/aromatic N) is 1. The lowest BCUT2D eigenvalue weighted by atomic mass is 9.83. The number of carboxylic acid groups (broad SMARTS) is 1. The van der Waals surface area contributed by atoms with Crippen molar-refractivity contribution in [3.63, 3.8) is 0 Å². The van der Waals surface area contributed by atoms with Crippen LogP contribution < -0.4 is 5.73 Å². The number of carbonyl (C=O) groups excluding carboxylic acids is 2. The molecule has 1 unspecified atom stereocenters. The predicted octanol–water partition coefficient (Wildman–Crippen LogP) is 2.86. The Morgan fingerprint density at radius 1 is 1.07 bits per heavy atom. The first-order chi connectivity index (χ1) is 13.5. The number of ketones is 1. The molecule has 6 heteroatoms. The predicted molar refractivity (Wildman–Crippen MR) is 104 cm³/mol. The van der Waals surface area contributed by atoms with Gasteiger partial charge in [-0.25, -0.2) is 4.79 Å². The SMILES string of the molecule is NC(=O)C1CCCc2c1c1c(C(=O)C(=O)O)cccc1n2Cc1ccccc1. The fourth-order valence-corrected chi connectivity index (χ4v) is 4.28. The molecule has 1 aromatic heterocycles. The highest BCUT2D eigenvalue weighted by molar-refractivity contribution is 6.42. The average molecular weight is 376 g/mol. The van der Waals surface area contributed by atoms with Crippen molar-refractivity contribution in [1.29, 1.82) is 0 Å². The Morgan fingerprint density at radius 2 is 1.82 bits per heavy atom. The van der Waals surface area contributed by atoms with Gasteiger partial charge in [-0.05, 0) is 36.5 Å². The van der Waals surface area contributed by atoms with Gasteiger partial charge in [0.1, 0.15) is 0 Å². The third kappa shape index (κ3) is 2.87. The average Bonchev–Trinajstić information content (AvgIpc) is 3.02. The molecular formula is C22H20N2O4. The molecule has 4 rings (SSSR count). The molecule has 0 bridgehead atoms. The fraction of sp³-hybridized carbons (Fsp3) is 0.227. The first-order valence-corrected chi connectivity index (χ1v) is 9.24. The second-order valence-electron chi connectivity index (χ2n) is 7.11. The van der Waals surface area contributed by atoms with Gasteiger partial charge in [-0.2, -0.15) is 0 Å². The molecule has 1 aliphatic rings. The van der Waals surface area contributed by atoms with Gasteiger partial charge in [0.25, 0.3) is 5.78 Å². The van der Waals surface area contributed by atoms with E-state index in [1.165, 1.54) is 6.07 Å². The van der Waals surface area contributed by atoms with Gasteiger partial charge < -0.3 is 15.4 Å². The topological polar surface area (TPSA) is 102 Å². The summed E-state index contributed by atoms with van der Waals surface area (Å²) in [5.41, 5.74) is 9.30. The fourth-order valence-electron chi connectivity index (χ4n) is 4.28. The highest BCUT2D eigenvalue weighted by atomic mass is 16.4. The Morgan fingerprint density at radius 3 is 2.50 bits per heavy atom. The van der Waals surface area contributed by atoms with E-state index in [-0.39, 0.29) is 5.56 Å². The zero-order chi connectivity index (χ0) is 19.8. The Kier molecular flexibility index (Phi) is 4.47. The number of Topliss-reactive ketones (excluding diaryl/α,β-unsaturated/α-hetero) is 1. The Balaban J connectivity index is 2.03. The number of aliphatic carboxylic acids is 1. The van der Waals surface area contributed by atoms with Crippen LogP contribution >= 0.6 is 0 Å². The quantitative estimate of drug-likeness (QED) is 0.528. The van der Waals surface area contributed by atoms with Crippen LogP contribution in [-0.2, 0) is 22.6 Å². The molecule has 2 aromatic carbocycles. The summed E-state index contributed by atoms with van der Waals surface area (Å²) in [6.45, 7) is 0.572. The van der Waals surface area contributed by atoms with E-state index >= 15 is 0 Å². The van der Waals surface area contributed by atoms with Gasteiger partial charge in [-0.1, -0.05) is 42.5 Å². The summed E-state index contributed by atoms with van der Waals surface area (Å²) in [6, 6.07) is 15.0. The van der Waals surface area contributed by atoms with Crippen LogP contribution in [0.1, 0.15) is 45.9 Å². The zero-order valence-electron chi connectivity index (χ0n) is 15.2. The van der Waals surface area contributed by atoms with Crippen molar-refractivity contribution >= 4 is 28.6 Å². The molecule has 28 heavy (non-hydrogen) atoms. The van der Waals surface area contributed by atoms with E-state index in [0.717, 1.165) is 35.2 Å². The molecule has 1 amide bonds. The molecule has 0 saturated carbocycles. The minimum atomic E-state index is -1.51. The number of aromatic nitrogens is 1. The molecule has 1 heterocycles. The molecule has 0 aliphatic heterocycles. The molecule has 0 fully saturated rings. The van der Waals surface area contributed by atoms with E-state index in [4.69, 9.17) is 5.73 Å². The summed E-state index contributed by atoms with van der Waals surface area (Å²) < 4.78 is 2.09. The van der Waals surface area contributed by atoms with E-state index in [1.54, 1.807) is 6.07 Å². The van der Waals surface area contributed by atoms with E-state index in [0.29, 0.717) is 18.4 Å². The maximum Gasteiger partial charge on any atom is 0.377 e. The zero-order valence-corrected chi connectivity index (χ0v) is 15.2. The molecule has 142 valence electrons. The standard InChI is InChI=1S/C22H20N2O4/c23-21(26)15-9-5-11-17-19(15)18-14(20(25)22(27)28)8-4-10-16(18)24(17)12-13-6-2-1-3-7-13/h1-4,6-8,10,15H,5,9,11-12H2,(H2,23,26)(H,27,28). The molecule has 3 aromatic rings. The van der Waals surface area contributed by atoms with Gasteiger partial charge in [0, 0.05) is 28.7 Å². The first-order valence-electron chi connectivity index (χ1n) is 9.24. The van der Waals surface area contributed by atoms with Crippen molar-refractivity contribution in [3.8, 4) is 0 Å². The van der Waals surface area contributed by atoms with Gasteiger partial charge in [-0.15, -0.1) is 0 Å². The number of fused-ring (bicyclic) bond motifs is 3. The van der Waals surface area contributed by atoms with Crippen LogP contribution in [0.3, 0.4) is 0 Å². The van der Waals surface area contributed by atoms with Gasteiger partial charge in [-0.3, -0.25) is 9.59 Å². The van der Waals surface area contributed by atoms with Gasteiger partial charge in [0.05, 0.1) is 5.92 Å². The summed E-state index contributed by atoms with van der Waals surface area (Å²) in [6.07, 6.45) is 2.16. The second kappa shape index (κ2) is 6.96. The number of carboxylic acids is 1. The summed E-state index contributed by atoms with van der Waals surface area (Å²) in [7, 11) is 0. The number of carbonyl (C=O) groups is 3. The summed E-state index contributed by atoms with van der Waals surface area (Å²) in [4.78, 5) is 35.9. The number of hydrogen-bond donors (Lipinski definition) is 2. The molecular weight excluding hydrogens is 356 g/mol. The summed E-state index contributed by atoms with van der Waals surface area (Å²) in [5.74, 6) is -3.45. The molecule has 3 N–H and O–H groups in total. The van der Waals surface area contributed by atoms with Gasteiger partial charge in [0.2, 0.25) is 5.91 Å². The lowest BCUT2D eigenvalue weighted by Gasteiger charge is -2.22. The van der Waals surface area contributed by atoms with Crippen LogP contribution in [0.15, 0.2) is 48.5 Å². The summed E-state index contributed by atoms with van der Waals surface area (Å²) >= 11 is 0. The Bertz CT molecular complexity index is 1100. The number of rotatable bonds is 5. The molecule has 1 atom stereocenters. The van der Waals surface area contributed by atoms with Crippen LogP contribution in [0.25, 0.3) is 10.9 Å². The maximum absolute atomic E-state index is 12.4. The minimum Gasteiger partial charge on any atom is -0.475 e. The van der Waals surface area contributed by atoms with Crippen LogP contribution in [0.2, 0.25) is 0 Å². The van der Waals surface area contributed by atoms with E-state index in [9.17, 15) is 19.5 Å². The molecule has 6 nitrogen and oxygen atoms in total. The number of hydrogen-bond acceptors (Lipinski definition) is 3. The molecule has 0 spiro atoms. The Labute approximate surface area is 161 Å². The number of primary amides is 1. The monoisotopic (exact) mass is 376 g/mol. The molecule has 0 saturated heterocycles. The van der Waals surface area contributed by atoms with E-state index in [1.807, 2.05) is 36.4 Å². The number of amides is 1. The highest BCUT2D eigenvalue weighted by Gasteiger charge is 2.33. The number of nitrogens with two attached hydrogens (primary N) is 1. The largest absolute Gasteiger partial charge is 0.475 e. The van der Waals surface area contributed by atoms with Crippen molar-refractivity contribution in [1.82, 2.24) is 4.57 Å². The second-order valence-corrected chi connectivity index (χ2v) is 7.11. The smallest absolute Gasteiger partial charge is 0.377 e. The number of benzene rings is 2. The normalized spacial score (nSPS) is 15.9. The third-order valence-corrected chi connectivity index (χ3v) is 5.46. The van der Waals surface area contributed by atoms with Crippen molar-refractivity contribution in [2.45, 2.75) is 31.7 Å². The van der Waals surface area contributed by atoms with Crippen molar-refractivity contribution in [3.05, 3.63) is 70.9 Å². The van der Waals surface area contributed by atoms with Crippen molar-refractivity contribution < 1.29 is 19.5 Å². The summed E-state index contributed by atoms with van der Waals surface area (Å²) in [5, 5.41) is 9.81. The van der Waals surface area contributed by atoms with Crippen LogP contribution in [0, 0.1) is 0 Å². The van der Waals surface area contributed by atoms with Crippen molar-refractivity contribution in [2.75, 3.05) is 0 Å². The first kappa shape index (κ1) is 18.0. The molecule has 0 radical (unpaired) electrons. The van der Waals surface area contributed by atoms with Crippen molar-refractivity contribution in [2.24, 2.45) is 5.73 Å². The Hall–Kier alpha value is -3.41. The third-order valence-electron chi connectivity index (χ3n) is 5.46. The van der Waals surface area contributed by atoms with E-state index < -0.39 is 23.6 Å². The lowest BCUT2D eigenvalue weighted by molar-refractivity contribution is -0.131. The van der Waals surface area contributed by atoms with E-state index in [2.05, 4.69) is 4.57 Å². The maximum atomic E-state index is 12.4. The van der Waals surface area contributed by atoms with Gasteiger partial charge >= 0.3 is 5.97 Å². The van der Waals surface area contributed by atoms with Crippen LogP contribution in [0.5, 0.6) is 0 Å². The minimum absolute atomic E-state index is 0.112. The highest BCUT2D eigenvalue weighted by Crippen LogP contribution is 2.41. The lowest BCUT2D eigenvalue weighted by Crippen LogP contribution is -2.25. The van der Waals surface area contributed by atoms with Crippen LogP contribution in [0.4, 0.5) is 0 Å². The molecule has 1 aliphatic carbocycles. The van der Waals surface area contributed by atoms with Crippen LogP contribution in [-0.4, -0.2) is 27.3 Å². The van der Waals surface area contributed by atoms with Gasteiger partial charge in [0.15, 0.2) is 0 Å².